The molecule has 0 atom stereocenters. The number of aliphatic imine (C=N–C) groups is 1. The summed E-state index contributed by atoms with van der Waals surface area (Å²) in [5.74, 6) is 0. The molecule has 1 heteroatoms. The first-order valence-electron chi connectivity index (χ1n) is 6.96. The second-order valence-electron chi connectivity index (χ2n) is 5.39. The van der Waals surface area contributed by atoms with Gasteiger partial charge in [0.2, 0.25) is 0 Å². The Morgan fingerprint density at radius 2 is 1.60 bits per heavy atom. The van der Waals surface area contributed by atoms with Crippen LogP contribution in [0.2, 0.25) is 0 Å². The van der Waals surface area contributed by atoms with E-state index in [-0.39, 0.29) is 0 Å². The molecule has 4 rings (SSSR count). The Kier molecular flexibility index (Phi) is 2.46. The van der Waals surface area contributed by atoms with Gasteiger partial charge in [0.15, 0.2) is 0 Å². The molecule has 0 unspecified atom stereocenters. The third kappa shape index (κ3) is 1.75. The van der Waals surface area contributed by atoms with Crippen molar-refractivity contribution in [1.82, 2.24) is 0 Å². The fourth-order valence-corrected chi connectivity index (χ4v) is 2.96. The van der Waals surface area contributed by atoms with Gasteiger partial charge in [-0.25, -0.2) is 0 Å². The molecular formula is C19H15N. The van der Waals surface area contributed by atoms with Crippen LogP contribution in [-0.4, -0.2) is 5.71 Å². The summed E-state index contributed by atoms with van der Waals surface area (Å²) < 4.78 is 0. The lowest BCUT2D eigenvalue weighted by Gasteiger charge is -2.01. The summed E-state index contributed by atoms with van der Waals surface area (Å²) in [6.45, 7) is 2.10. The van der Waals surface area contributed by atoms with E-state index < -0.39 is 0 Å². The van der Waals surface area contributed by atoms with E-state index in [1.807, 2.05) is 0 Å². The smallest absolute Gasteiger partial charge is 0.0633 e. The van der Waals surface area contributed by atoms with Crippen LogP contribution in [0.25, 0.3) is 10.8 Å². The molecule has 0 amide bonds. The molecule has 0 aliphatic heterocycles. The first-order chi connectivity index (χ1) is 9.81. The molecule has 0 radical (unpaired) electrons. The van der Waals surface area contributed by atoms with Crippen molar-refractivity contribution in [2.75, 3.05) is 0 Å². The number of hydrogen-bond donors (Lipinski definition) is 0. The van der Waals surface area contributed by atoms with Crippen LogP contribution in [0.5, 0.6) is 0 Å². The van der Waals surface area contributed by atoms with Crippen molar-refractivity contribution in [3.63, 3.8) is 0 Å². The molecule has 1 nitrogen and oxygen atoms in total. The van der Waals surface area contributed by atoms with Gasteiger partial charge in [-0.15, -0.1) is 0 Å². The summed E-state index contributed by atoms with van der Waals surface area (Å²) >= 11 is 0. The van der Waals surface area contributed by atoms with Crippen molar-refractivity contribution in [3.05, 3.63) is 77.4 Å². The molecule has 96 valence electrons. The van der Waals surface area contributed by atoms with Gasteiger partial charge in [-0.1, -0.05) is 54.1 Å². The van der Waals surface area contributed by atoms with Crippen LogP contribution in [0.4, 0.5) is 5.69 Å². The first-order valence-corrected chi connectivity index (χ1v) is 6.96. The largest absolute Gasteiger partial charge is 0.252 e. The molecule has 0 saturated carbocycles. The third-order valence-corrected chi connectivity index (χ3v) is 3.96. The maximum absolute atomic E-state index is 4.86. The lowest BCUT2D eigenvalue weighted by molar-refractivity contribution is 1.36. The standard InChI is InChI=1S/C19H15N/c1-13-8-10-16(11-9-13)20-18-12-15-6-2-4-14-5-3-7-17(18)19(14)15/h2-11H,12H2,1H3. The van der Waals surface area contributed by atoms with E-state index in [1.165, 1.54) is 33.2 Å². The average molecular weight is 257 g/mol. The van der Waals surface area contributed by atoms with Gasteiger partial charge < -0.3 is 0 Å². The molecule has 1 aliphatic rings. The predicted molar refractivity (Wildman–Crippen MR) is 85.0 cm³/mol. The van der Waals surface area contributed by atoms with Crippen LogP contribution >= 0.6 is 0 Å². The van der Waals surface area contributed by atoms with Gasteiger partial charge in [0.1, 0.15) is 0 Å². The molecule has 0 heterocycles. The van der Waals surface area contributed by atoms with Crippen molar-refractivity contribution in [2.24, 2.45) is 4.99 Å². The molecule has 0 saturated heterocycles. The Bertz CT molecular complexity index is 821. The van der Waals surface area contributed by atoms with E-state index in [1.54, 1.807) is 0 Å². The fourth-order valence-electron chi connectivity index (χ4n) is 2.96. The molecule has 0 N–H and O–H groups in total. The van der Waals surface area contributed by atoms with E-state index in [0.29, 0.717) is 0 Å². The summed E-state index contributed by atoms with van der Waals surface area (Å²) in [5, 5.41) is 2.69. The molecule has 3 aromatic carbocycles. The highest BCUT2D eigenvalue weighted by Gasteiger charge is 2.19. The molecule has 0 spiro atoms. The minimum absolute atomic E-state index is 0.935. The Morgan fingerprint density at radius 3 is 2.40 bits per heavy atom. The molecule has 0 fully saturated rings. The fraction of sp³-hybridized carbons (Fsp3) is 0.105. The highest BCUT2D eigenvalue weighted by Crippen LogP contribution is 2.32. The quantitative estimate of drug-likeness (QED) is 0.592. The van der Waals surface area contributed by atoms with Crippen molar-refractivity contribution < 1.29 is 0 Å². The van der Waals surface area contributed by atoms with E-state index in [4.69, 9.17) is 4.99 Å². The zero-order valence-corrected chi connectivity index (χ0v) is 11.4. The van der Waals surface area contributed by atoms with Gasteiger partial charge in [0.25, 0.3) is 0 Å². The highest BCUT2D eigenvalue weighted by molar-refractivity contribution is 6.18. The van der Waals surface area contributed by atoms with Crippen molar-refractivity contribution >= 4 is 22.2 Å². The van der Waals surface area contributed by atoms with Crippen molar-refractivity contribution in [3.8, 4) is 0 Å². The number of benzene rings is 3. The summed E-state index contributed by atoms with van der Waals surface area (Å²) in [5.41, 5.74) is 6.17. The van der Waals surface area contributed by atoms with E-state index >= 15 is 0 Å². The van der Waals surface area contributed by atoms with E-state index in [0.717, 1.165) is 12.1 Å². The third-order valence-electron chi connectivity index (χ3n) is 3.96. The maximum atomic E-state index is 4.86. The molecule has 0 aromatic heterocycles. The molecule has 1 aliphatic carbocycles. The first kappa shape index (κ1) is 11.4. The summed E-state index contributed by atoms with van der Waals surface area (Å²) in [7, 11) is 0. The summed E-state index contributed by atoms with van der Waals surface area (Å²) in [4.78, 5) is 4.86. The van der Waals surface area contributed by atoms with E-state index in [2.05, 4.69) is 67.6 Å². The van der Waals surface area contributed by atoms with Crippen LogP contribution in [0.15, 0.2) is 65.7 Å². The van der Waals surface area contributed by atoms with Crippen molar-refractivity contribution in [2.45, 2.75) is 13.3 Å². The van der Waals surface area contributed by atoms with Crippen molar-refractivity contribution in [1.29, 1.82) is 0 Å². The van der Waals surface area contributed by atoms with Crippen LogP contribution < -0.4 is 0 Å². The Balaban J connectivity index is 1.88. The second-order valence-corrected chi connectivity index (χ2v) is 5.39. The highest BCUT2D eigenvalue weighted by atomic mass is 14.8. The van der Waals surface area contributed by atoms with Gasteiger partial charge in [-0.05, 0) is 35.4 Å². The Morgan fingerprint density at radius 1 is 0.850 bits per heavy atom. The van der Waals surface area contributed by atoms with Crippen LogP contribution in [0.3, 0.4) is 0 Å². The summed E-state index contributed by atoms with van der Waals surface area (Å²) in [6.07, 6.45) is 0.935. The van der Waals surface area contributed by atoms with Gasteiger partial charge in [-0.3, -0.25) is 4.99 Å². The summed E-state index contributed by atoms with van der Waals surface area (Å²) in [6, 6.07) is 21.4. The Hall–Kier alpha value is -2.41. The van der Waals surface area contributed by atoms with Gasteiger partial charge >= 0.3 is 0 Å². The van der Waals surface area contributed by atoms with E-state index in [9.17, 15) is 0 Å². The molecular weight excluding hydrogens is 242 g/mol. The minimum atomic E-state index is 0.935. The van der Waals surface area contributed by atoms with Crippen LogP contribution in [0, 0.1) is 6.92 Å². The lowest BCUT2D eigenvalue weighted by Crippen LogP contribution is -1.96. The topological polar surface area (TPSA) is 12.4 Å². The number of rotatable bonds is 1. The molecule has 20 heavy (non-hydrogen) atoms. The minimum Gasteiger partial charge on any atom is -0.252 e. The monoisotopic (exact) mass is 257 g/mol. The lowest BCUT2D eigenvalue weighted by atomic mass is 10.1. The molecule has 0 bridgehead atoms. The normalized spacial score (nSPS) is 15.2. The average Bonchev–Trinajstić information content (AvgIpc) is 2.82. The van der Waals surface area contributed by atoms with Gasteiger partial charge in [0, 0.05) is 12.0 Å². The maximum Gasteiger partial charge on any atom is 0.0633 e. The zero-order chi connectivity index (χ0) is 13.5. The zero-order valence-electron chi connectivity index (χ0n) is 11.4. The van der Waals surface area contributed by atoms with Gasteiger partial charge in [-0.2, -0.15) is 0 Å². The predicted octanol–water partition coefficient (Wildman–Crippen LogP) is 4.83. The second kappa shape index (κ2) is 4.31. The van der Waals surface area contributed by atoms with Gasteiger partial charge in [0.05, 0.1) is 11.4 Å². The van der Waals surface area contributed by atoms with Crippen LogP contribution in [0.1, 0.15) is 16.7 Å². The number of nitrogens with zero attached hydrogens (tertiary/aromatic N) is 1. The Labute approximate surface area is 118 Å². The number of aryl methyl sites for hydroxylation is 1. The van der Waals surface area contributed by atoms with Crippen LogP contribution in [-0.2, 0) is 6.42 Å². The molecule has 3 aromatic rings. The number of hydrogen-bond acceptors (Lipinski definition) is 1. The SMILES string of the molecule is Cc1ccc(N=C2Cc3cccc4cccc2c34)cc1.